The number of nitrogens with one attached hydrogen (secondary N) is 2. The number of hydrogen-bond acceptors (Lipinski definition) is 5. The molecule has 0 aliphatic rings. The number of esters is 1. The summed E-state index contributed by atoms with van der Waals surface area (Å²) in [6.07, 6.45) is 0.409. The van der Waals surface area contributed by atoms with Gasteiger partial charge in [-0.05, 0) is 67.4 Å². The largest absolute Gasteiger partial charge is 0.466 e. The summed E-state index contributed by atoms with van der Waals surface area (Å²) in [5.74, 6) is -1.89. The molecule has 3 aromatic carbocycles. The topological polar surface area (TPSA) is 102 Å². The van der Waals surface area contributed by atoms with Crippen LogP contribution in [0.15, 0.2) is 83.8 Å². The first-order valence-corrected chi connectivity index (χ1v) is 12.1. The molecule has 7 nitrogen and oxygen atoms in total. The van der Waals surface area contributed by atoms with Crippen molar-refractivity contribution in [2.75, 3.05) is 17.9 Å². The number of sulfonamides is 1. The number of carbonyl (C=O) groups is 2. The van der Waals surface area contributed by atoms with Crippen molar-refractivity contribution in [1.29, 1.82) is 0 Å². The van der Waals surface area contributed by atoms with Gasteiger partial charge in [0.2, 0.25) is 0 Å². The van der Waals surface area contributed by atoms with E-state index < -0.39 is 33.6 Å². The zero-order chi connectivity index (χ0) is 24.6. The highest BCUT2D eigenvalue weighted by Crippen LogP contribution is 2.17. The van der Waals surface area contributed by atoms with Crippen LogP contribution in [-0.2, 0) is 26.0 Å². The fourth-order valence-corrected chi connectivity index (χ4v) is 4.29. The Morgan fingerprint density at radius 2 is 1.59 bits per heavy atom. The van der Waals surface area contributed by atoms with Gasteiger partial charge in [0.1, 0.15) is 5.82 Å². The Morgan fingerprint density at radius 1 is 0.941 bits per heavy atom. The fraction of sp³-hybridized carbons (Fsp3) is 0.200. The minimum absolute atomic E-state index is 0.0538. The molecule has 1 unspecified atom stereocenters. The molecule has 178 valence electrons. The zero-order valence-corrected chi connectivity index (χ0v) is 19.3. The third-order valence-electron chi connectivity index (χ3n) is 4.98. The molecule has 0 aromatic heterocycles. The van der Waals surface area contributed by atoms with Gasteiger partial charge in [-0.15, -0.1) is 0 Å². The van der Waals surface area contributed by atoms with E-state index in [1.54, 1.807) is 6.92 Å². The summed E-state index contributed by atoms with van der Waals surface area (Å²) in [7, 11) is -3.91. The highest BCUT2D eigenvalue weighted by Gasteiger charge is 2.22. The van der Waals surface area contributed by atoms with Gasteiger partial charge in [0, 0.05) is 17.8 Å². The number of benzene rings is 3. The SMILES string of the molecule is CCOC(=O)C(CNC(=O)c1ccc(S(=O)(=O)Nc2ccc(F)cc2)cc1)Cc1ccccc1. The van der Waals surface area contributed by atoms with Crippen molar-refractivity contribution < 1.29 is 27.1 Å². The predicted octanol–water partition coefficient (Wildman–Crippen LogP) is 3.78. The molecular formula is C25H25FN2O5S. The Kier molecular flexibility index (Phi) is 8.37. The Morgan fingerprint density at radius 3 is 2.21 bits per heavy atom. The lowest BCUT2D eigenvalue weighted by atomic mass is 9.99. The van der Waals surface area contributed by atoms with Crippen molar-refractivity contribution in [3.8, 4) is 0 Å². The van der Waals surface area contributed by atoms with E-state index in [1.165, 1.54) is 36.4 Å². The summed E-state index contributed by atoms with van der Waals surface area (Å²) in [6, 6.07) is 19.7. The van der Waals surface area contributed by atoms with Crippen LogP contribution in [0.25, 0.3) is 0 Å². The molecule has 0 spiro atoms. The van der Waals surface area contributed by atoms with Crippen LogP contribution in [0.2, 0.25) is 0 Å². The van der Waals surface area contributed by atoms with Crippen LogP contribution in [0.1, 0.15) is 22.8 Å². The molecular weight excluding hydrogens is 459 g/mol. The molecule has 34 heavy (non-hydrogen) atoms. The van der Waals surface area contributed by atoms with Crippen LogP contribution in [0.4, 0.5) is 10.1 Å². The number of rotatable bonds is 10. The van der Waals surface area contributed by atoms with E-state index >= 15 is 0 Å². The van der Waals surface area contributed by atoms with Crippen LogP contribution >= 0.6 is 0 Å². The standard InChI is InChI=1S/C25H25FN2O5S/c1-2-33-25(30)20(16-18-6-4-3-5-7-18)17-27-24(29)19-8-14-23(15-9-19)34(31,32)28-22-12-10-21(26)11-13-22/h3-15,20,28H,2,16-17H2,1H3,(H,27,29). The quantitative estimate of drug-likeness (QED) is 0.427. The van der Waals surface area contributed by atoms with E-state index in [4.69, 9.17) is 4.74 Å². The monoisotopic (exact) mass is 484 g/mol. The second kappa shape index (κ2) is 11.4. The summed E-state index contributed by atoms with van der Waals surface area (Å²) in [5.41, 5.74) is 1.40. The van der Waals surface area contributed by atoms with E-state index in [1.807, 2.05) is 30.3 Å². The molecule has 3 aromatic rings. The average Bonchev–Trinajstić information content (AvgIpc) is 2.83. The maximum Gasteiger partial charge on any atom is 0.311 e. The summed E-state index contributed by atoms with van der Waals surface area (Å²) in [4.78, 5) is 24.9. The van der Waals surface area contributed by atoms with Crippen LogP contribution in [0, 0.1) is 11.7 Å². The van der Waals surface area contributed by atoms with Crippen molar-refractivity contribution in [1.82, 2.24) is 5.32 Å². The van der Waals surface area contributed by atoms with E-state index in [-0.39, 0.29) is 29.3 Å². The van der Waals surface area contributed by atoms with Gasteiger partial charge in [0.25, 0.3) is 15.9 Å². The smallest absolute Gasteiger partial charge is 0.311 e. The normalized spacial score (nSPS) is 11.9. The molecule has 1 amide bonds. The minimum atomic E-state index is -3.91. The van der Waals surface area contributed by atoms with Crippen molar-refractivity contribution in [3.63, 3.8) is 0 Å². The van der Waals surface area contributed by atoms with Gasteiger partial charge in [-0.25, -0.2) is 12.8 Å². The van der Waals surface area contributed by atoms with Crippen molar-refractivity contribution in [2.45, 2.75) is 18.2 Å². The molecule has 9 heteroatoms. The minimum Gasteiger partial charge on any atom is -0.466 e. The summed E-state index contributed by atoms with van der Waals surface area (Å²) in [6.45, 7) is 2.02. The lowest BCUT2D eigenvalue weighted by Gasteiger charge is -2.16. The summed E-state index contributed by atoms with van der Waals surface area (Å²) in [5, 5.41) is 2.72. The molecule has 0 bridgehead atoms. The lowest BCUT2D eigenvalue weighted by molar-refractivity contribution is -0.147. The first-order valence-electron chi connectivity index (χ1n) is 10.7. The Hall–Kier alpha value is -3.72. The first-order chi connectivity index (χ1) is 16.3. The van der Waals surface area contributed by atoms with Gasteiger partial charge in [-0.3, -0.25) is 14.3 Å². The van der Waals surface area contributed by atoms with Gasteiger partial charge in [0.05, 0.1) is 17.4 Å². The molecule has 0 saturated carbocycles. The molecule has 0 fully saturated rings. The number of carbonyl (C=O) groups excluding carboxylic acids is 2. The number of halogens is 1. The van der Waals surface area contributed by atoms with E-state index in [0.29, 0.717) is 6.42 Å². The van der Waals surface area contributed by atoms with Gasteiger partial charge in [-0.2, -0.15) is 0 Å². The Labute approximate surface area is 198 Å². The molecule has 0 aliphatic carbocycles. The summed E-state index contributed by atoms with van der Waals surface area (Å²) >= 11 is 0. The number of hydrogen-bond donors (Lipinski definition) is 2. The Bertz CT molecular complexity index is 1210. The van der Waals surface area contributed by atoms with Gasteiger partial charge < -0.3 is 10.1 Å². The number of ether oxygens (including phenoxy) is 1. The van der Waals surface area contributed by atoms with Crippen LogP contribution in [0.5, 0.6) is 0 Å². The van der Waals surface area contributed by atoms with Gasteiger partial charge in [0.15, 0.2) is 0 Å². The Balaban J connectivity index is 1.64. The maximum absolute atomic E-state index is 13.0. The van der Waals surface area contributed by atoms with E-state index in [0.717, 1.165) is 17.7 Å². The number of anilines is 1. The second-order valence-corrected chi connectivity index (χ2v) is 9.17. The molecule has 3 rings (SSSR count). The number of amides is 1. The predicted molar refractivity (Wildman–Crippen MR) is 126 cm³/mol. The second-order valence-electron chi connectivity index (χ2n) is 7.49. The molecule has 1 atom stereocenters. The highest BCUT2D eigenvalue weighted by atomic mass is 32.2. The molecule has 0 heterocycles. The molecule has 0 radical (unpaired) electrons. The van der Waals surface area contributed by atoms with E-state index in [2.05, 4.69) is 10.0 Å². The maximum atomic E-state index is 13.0. The molecule has 2 N–H and O–H groups in total. The van der Waals surface area contributed by atoms with Gasteiger partial charge in [-0.1, -0.05) is 30.3 Å². The van der Waals surface area contributed by atoms with Gasteiger partial charge >= 0.3 is 5.97 Å². The van der Waals surface area contributed by atoms with E-state index in [9.17, 15) is 22.4 Å². The fourth-order valence-electron chi connectivity index (χ4n) is 3.23. The zero-order valence-electron chi connectivity index (χ0n) is 18.5. The third kappa shape index (κ3) is 6.89. The van der Waals surface area contributed by atoms with Crippen LogP contribution in [0.3, 0.4) is 0 Å². The molecule has 0 saturated heterocycles. The highest BCUT2D eigenvalue weighted by molar-refractivity contribution is 7.92. The van der Waals surface area contributed by atoms with Crippen molar-refractivity contribution in [2.24, 2.45) is 5.92 Å². The van der Waals surface area contributed by atoms with Crippen LogP contribution in [-0.4, -0.2) is 33.4 Å². The first kappa shape index (κ1) is 24.9. The lowest BCUT2D eigenvalue weighted by Crippen LogP contribution is -2.35. The van der Waals surface area contributed by atoms with Crippen molar-refractivity contribution in [3.05, 3.63) is 95.8 Å². The molecule has 0 aliphatic heterocycles. The third-order valence-corrected chi connectivity index (χ3v) is 6.37. The van der Waals surface area contributed by atoms with Crippen molar-refractivity contribution >= 4 is 27.6 Å². The van der Waals surface area contributed by atoms with Crippen LogP contribution < -0.4 is 10.0 Å². The summed E-state index contributed by atoms with van der Waals surface area (Å²) < 4.78 is 45.6. The average molecular weight is 485 g/mol.